The van der Waals surface area contributed by atoms with Crippen molar-refractivity contribution in [3.63, 3.8) is 0 Å². The Morgan fingerprint density at radius 3 is 2.59 bits per heavy atom. The predicted molar refractivity (Wildman–Crippen MR) is 107 cm³/mol. The zero-order valence-corrected chi connectivity index (χ0v) is 17.7. The van der Waals surface area contributed by atoms with Crippen LogP contribution in [-0.4, -0.2) is 82.6 Å². The van der Waals surface area contributed by atoms with Gasteiger partial charge in [-0.2, -0.15) is 4.31 Å². The summed E-state index contributed by atoms with van der Waals surface area (Å²) in [6, 6.07) is 4.77. The molecule has 3 aliphatic rings. The molecule has 2 saturated heterocycles. The highest BCUT2D eigenvalue weighted by Crippen LogP contribution is 2.33. The third kappa shape index (κ3) is 4.51. The molecule has 3 heterocycles. The molecule has 9 heteroatoms. The second kappa shape index (κ2) is 8.49. The summed E-state index contributed by atoms with van der Waals surface area (Å²) < 4.78 is 38.6. The Labute approximate surface area is 172 Å². The first kappa shape index (κ1) is 20.4. The lowest BCUT2D eigenvalue weighted by Gasteiger charge is -2.34. The number of nitrogens with one attached hydrogen (secondary N) is 1. The number of carbonyl (C=O) groups is 1. The molecule has 0 bridgehead atoms. The van der Waals surface area contributed by atoms with E-state index in [1.54, 1.807) is 18.2 Å². The molecule has 1 N–H and O–H groups in total. The molecule has 0 unspecified atom stereocenters. The summed E-state index contributed by atoms with van der Waals surface area (Å²) in [6.45, 7) is 7.32. The first-order chi connectivity index (χ1) is 13.9. The average molecular weight is 425 g/mol. The number of carbonyl (C=O) groups excluding carboxylic acids is 1. The third-order valence-corrected chi connectivity index (χ3v) is 7.89. The summed E-state index contributed by atoms with van der Waals surface area (Å²) in [5.74, 6) is 1.81. The topological polar surface area (TPSA) is 80.6 Å². The minimum atomic E-state index is -3.59. The van der Waals surface area contributed by atoms with Gasteiger partial charge < -0.3 is 19.3 Å². The van der Waals surface area contributed by atoms with Gasteiger partial charge in [0.1, 0.15) is 13.2 Å². The number of piperidine rings is 1. The average Bonchev–Trinajstić information content (AvgIpc) is 2.74. The predicted octanol–water partition coefficient (Wildman–Crippen LogP) is -0.394. The molecule has 0 radical (unpaired) electrons. The monoisotopic (exact) mass is 424 g/mol. The van der Waals surface area contributed by atoms with Crippen LogP contribution in [0.25, 0.3) is 0 Å². The van der Waals surface area contributed by atoms with Crippen molar-refractivity contribution in [2.75, 3.05) is 59.0 Å². The van der Waals surface area contributed by atoms with Gasteiger partial charge in [0.2, 0.25) is 10.0 Å². The number of ether oxygens (including phenoxy) is 2. The minimum Gasteiger partial charge on any atom is -0.486 e. The van der Waals surface area contributed by atoms with Gasteiger partial charge in [-0.1, -0.05) is 6.92 Å². The third-order valence-electron chi connectivity index (χ3n) is 5.99. The Morgan fingerprint density at radius 2 is 1.86 bits per heavy atom. The van der Waals surface area contributed by atoms with Crippen LogP contribution in [0.3, 0.4) is 0 Å². The van der Waals surface area contributed by atoms with Crippen LogP contribution in [0.5, 0.6) is 11.5 Å². The fourth-order valence-corrected chi connectivity index (χ4v) is 5.75. The Bertz CT molecular complexity index is 852. The van der Waals surface area contributed by atoms with Crippen molar-refractivity contribution in [3.05, 3.63) is 18.2 Å². The van der Waals surface area contributed by atoms with Gasteiger partial charge in [-0.05, 0) is 30.9 Å². The van der Waals surface area contributed by atoms with Gasteiger partial charge in [0.25, 0.3) is 5.91 Å². The Hall–Kier alpha value is -1.84. The molecule has 1 amide bonds. The number of benzene rings is 1. The SMILES string of the molecule is C[C@@H]1CCCN(C(=O)C[NH+]2CCN(S(=O)(=O)c3ccc4c(c3)OCCO4)CC2)C1. The van der Waals surface area contributed by atoms with E-state index in [1.807, 2.05) is 4.90 Å². The number of fused-ring (bicyclic) bond motifs is 1. The summed E-state index contributed by atoms with van der Waals surface area (Å²) in [6.07, 6.45) is 2.26. The molecule has 2 fully saturated rings. The molecule has 0 spiro atoms. The molecule has 3 aliphatic heterocycles. The Kier molecular flexibility index (Phi) is 5.98. The molecule has 8 nitrogen and oxygen atoms in total. The molecule has 0 saturated carbocycles. The highest BCUT2D eigenvalue weighted by molar-refractivity contribution is 7.89. The smallest absolute Gasteiger partial charge is 0.277 e. The van der Waals surface area contributed by atoms with Crippen molar-refractivity contribution in [2.24, 2.45) is 5.92 Å². The molecule has 4 rings (SSSR count). The van der Waals surface area contributed by atoms with Crippen LogP contribution < -0.4 is 14.4 Å². The molecule has 1 aromatic rings. The molecular weight excluding hydrogens is 394 g/mol. The Morgan fingerprint density at radius 1 is 1.14 bits per heavy atom. The van der Waals surface area contributed by atoms with Crippen molar-refractivity contribution in [1.82, 2.24) is 9.21 Å². The second-order valence-corrected chi connectivity index (χ2v) is 10.2. The zero-order chi connectivity index (χ0) is 20.4. The highest BCUT2D eigenvalue weighted by atomic mass is 32.2. The molecule has 1 aromatic carbocycles. The number of rotatable bonds is 4. The number of piperazine rings is 1. The molecule has 1 atom stereocenters. The van der Waals surface area contributed by atoms with Gasteiger partial charge >= 0.3 is 0 Å². The summed E-state index contributed by atoms with van der Waals surface area (Å²) in [4.78, 5) is 15.9. The number of quaternary nitrogens is 1. The standard InChI is InChI=1S/C20H29N3O5S/c1-16-3-2-6-22(14-16)20(24)15-21-7-9-23(10-8-21)29(25,26)17-4-5-18-19(13-17)28-12-11-27-18/h4-5,13,16H,2-3,6-12,14-15H2,1H3/p+1/t16-/m1/s1. The van der Waals surface area contributed by atoms with Crippen molar-refractivity contribution in [1.29, 1.82) is 0 Å². The van der Waals surface area contributed by atoms with Gasteiger partial charge in [-0.25, -0.2) is 8.42 Å². The minimum absolute atomic E-state index is 0.190. The first-order valence-electron chi connectivity index (χ1n) is 10.4. The summed E-state index contributed by atoms with van der Waals surface area (Å²) in [5, 5.41) is 0. The van der Waals surface area contributed by atoms with Crippen LogP contribution in [0.15, 0.2) is 23.1 Å². The molecule has 0 aromatic heterocycles. The van der Waals surface area contributed by atoms with E-state index in [-0.39, 0.29) is 10.8 Å². The number of nitrogens with zero attached hydrogens (tertiary/aromatic N) is 2. The van der Waals surface area contributed by atoms with Crippen LogP contribution in [0.2, 0.25) is 0 Å². The van der Waals surface area contributed by atoms with E-state index in [0.717, 1.165) is 24.4 Å². The summed E-state index contributed by atoms with van der Waals surface area (Å²) >= 11 is 0. The van der Waals surface area contributed by atoms with Gasteiger partial charge in [0.05, 0.1) is 31.1 Å². The number of amides is 1. The lowest BCUT2D eigenvalue weighted by molar-refractivity contribution is -0.896. The van der Waals surface area contributed by atoms with E-state index in [0.29, 0.717) is 63.4 Å². The number of likely N-dealkylation sites (tertiary alicyclic amines) is 1. The summed E-state index contributed by atoms with van der Waals surface area (Å²) in [7, 11) is -3.59. The fraction of sp³-hybridized carbons (Fsp3) is 0.650. The lowest BCUT2D eigenvalue weighted by atomic mass is 10.0. The second-order valence-electron chi connectivity index (χ2n) is 8.22. The van der Waals surface area contributed by atoms with Gasteiger partial charge in [0, 0.05) is 19.2 Å². The fourth-order valence-electron chi connectivity index (χ4n) is 4.29. The number of hydrogen-bond donors (Lipinski definition) is 1. The van der Waals surface area contributed by atoms with E-state index in [4.69, 9.17) is 9.47 Å². The quantitative estimate of drug-likeness (QED) is 0.712. The van der Waals surface area contributed by atoms with Crippen molar-refractivity contribution < 1.29 is 27.6 Å². The normalized spacial score (nSPS) is 23.8. The van der Waals surface area contributed by atoms with Crippen LogP contribution >= 0.6 is 0 Å². The van der Waals surface area contributed by atoms with Gasteiger partial charge in [-0.15, -0.1) is 0 Å². The van der Waals surface area contributed by atoms with Crippen LogP contribution in [0, 0.1) is 5.92 Å². The maximum absolute atomic E-state index is 13.0. The maximum Gasteiger partial charge on any atom is 0.277 e. The first-order valence-corrected chi connectivity index (χ1v) is 11.9. The largest absolute Gasteiger partial charge is 0.486 e. The maximum atomic E-state index is 13.0. The van der Waals surface area contributed by atoms with Crippen LogP contribution in [0.4, 0.5) is 0 Å². The molecule has 160 valence electrons. The molecule has 29 heavy (non-hydrogen) atoms. The highest BCUT2D eigenvalue weighted by Gasteiger charge is 2.33. The van der Waals surface area contributed by atoms with Crippen molar-refractivity contribution in [3.8, 4) is 11.5 Å². The summed E-state index contributed by atoms with van der Waals surface area (Å²) in [5.41, 5.74) is 0. The van der Waals surface area contributed by atoms with E-state index in [2.05, 4.69) is 6.92 Å². The van der Waals surface area contributed by atoms with Gasteiger partial charge in [0.15, 0.2) is 18.0 Å². The van der Waals surface area contributed by atoms with Crippen LogP contribution in [-0.2, 0) is 14.8 Å². The zero-order valence-electron chi connectivity index (χ0n) is 16.9. The molecular formula is C20H30N3O5S+. The van der Waals surface area contributed by atoms with Crippen molar-refractivity contribution in [2.45, 2.75) is 24.7 Å². The van der Waals surface area contributed by atoms with Crippen molar-refractivity contribution >= 4 is 15.9 Å². The van der Waals surface area contributed by atoms with Crippen LogP contribution in [0.1, 0.15) is 19.8 Å². The lowest BCUT2D eigenvalue weighted by Crippen LogP contribution is -3.15. The van der Waals surface area contributed by atoms with E-state index in [9.17, 15) is 13.2 Å². The van der Waals surface area contributed by atoms with E-state index >= 15 is 0 Å². The van der Waals surface area contributed by atoms with Gasteiger partial charge in [-0.3, -0.25) is 4.79 Å². The number of sulfonamides is 1. The molecule has 0 aliphatic carbocycles. The van der Waals surface area contributed by atoms with E-state index in [1.165, 1.54) is 10.7 Å². The Balaban J connectivity index is 1.34. The number of hydrogen-bond acceptors (Lipinski definition) is 5. The van der Waals surface area contributed by atoms with E-state index < -0.39 is 10.0 Å².